The van der Waals surface area contributed by atoms with E-state index in [0.717, 1.165) is 37.8 Å². The Bertz CT molecular complexity index is 648. The largest absolute Gasteiger partial charge is 0.377 e. The van der Waals surface area contributed by atoms with Gasteiger partial charge in [-0.15, -0.1) is 0 Å². The maximum atomic E-state index is 6.01. The summed E-state index contributed by atoms with van der Waals surface area (Å²) in [7, 11) is 1.87. The maximum Gasteiger partial charge on any atom is 0.191 e. The molecule has 6 heteroatoms. The number of nitrogens with one attached hydrogen (secondary N) is 2. The van der Waals surface area contributed by atoms with E-state index in [1.165, 1.54) is 31.4 Å². The molecule has 4 rings (SSSR count). The number of aromatic nitrogens is 2. The first-order valence-electron chi connectivity index (χ1n) is 9.74. The molecule has 3 fully saturated rings. The molecule has 3 atom stereocenters. The van der Waals surface area contributed by atoms with Crippen LogP contribution in [0.2, 0.25) is 0 Å². The fourth-order valence-electron chi connectivity index (χ4n) is 5.13. The Morgan fingerprint density at radius 2 is 2.28 bits per heavy atom. The van der Waals surface area contributed by atoms with Crippen molar-refractivity contribution in [3.63, 3.8) is 0 Å². The fraction of sp³-hybridized carbons (Fsp3) is 0.789. The van der Waals surface area contributed by atoms with Crippen LogP contribution in [0.4, 0.5) is 0 Å². The van der Waals surface area contributed by atoms with Gasteiger partial charge in [-0.05, 0) is 45.6 Å². The van der Waals surface area contributed by atoms with E-state index >= 15 is 0 Å². The van der Waals surface area contributed by atoms with Crippen LogP contribution in [0.1, 0.15) is 43.5 Å². The topological polar surface area (TPSA) is 63.5 Å². The van der Waals surface area contributed by atoms with Crippen molar-refractivity contribution in [1.29, 1.82) is 0 Å². The number of nitrogens with zero attached hydrogens (tertiary/aromatic N) is 3. The summed E-state index contributed by atoms with van der Waals surface area (Å²) < 4.78 is 8.09. The van der Waals surface area contributed by atoms with E-state index in [4.69, 9.17) is 4.74 Å². The summed E-state index contributed by atoms with van der Waals surface area (Å²) in [6.45, 7) is 6.94. The maximum absolute atomic E-state index is 6.01. The highest BCUT2D eigenvalue weighted by Gasteiger charge is 2.66. The second-order valence-electron chi connectivity index (χ2n) is 7.96. The molecule has 3 aliphatic rings. The summed E-state index contributed by atoms with van der Waals surface area (Å²) in [4.78, 5) is 4.45. The van der Waals surface area contributed by atoms with Gasteiger partial charge in [0, 0.05) is 49.8 Å². The predicted molar refractivity (Wildman–Crippen MR) is 98.7 cm³/mol. The summed E-state index contributed by atoms with van der Waals surface area (Å²) in [6.07, 6.45) is 6.69. The minimum atomic E-state index is 0.391. The molecule has 2 N–H and O–H groups in total. The molecular weight excluding hydrogens is 314 g/mol. The summed E-state index contributed by atoms with van der Waals surface area (Å²) in [6, 6.07) is 2.67. The molecule has 1 saturated heterocycles. The molecule has 1 aromatic heterocycles. The van der Waals surface area contributed by atoms with Gasteiger partial charge in [0.15, 0.2) is 5.96 Å². The summed E-state index contributed by atoms with van der Waals surface area (Å²) in [5.74, 6) is 1.61. The number of hydrogen-bond donors (Lipinski definition) is 2. The van der Waals surface area contributed by atoms with E-state index in [0.29, 0.717) is 23.5 Å². The van der Waals surface area contributed by atoms with Crippen LogP contribution in [0.15, 0.2) is 11.1 Å². The molecule has 0 aromatic carbocycles. The lowest BCUT2D eigenvalue weighted by molar-refractivity contribution is -0.171. The average molecular weight is 345 g/mol. The Labute approximate surface area is 150 Å². The second-order valence-corrected chi connectivity index (χ2v) is 7.96. The molecule has 6 nitrogen and oxygen atoms in total. The minimum absolute atomic E-state index is 0.391. The zero-order valence-electron chi connectivity index (χ0n) is 15.7. The number of ether oxygens (including phenoxy) is 1. The van der Waals surface area contributed by atoms with Gasteiger partial charge in [0.1, 0.15) is 0 Å². The molecule has 1 spiro atoms. The number of hydrogen-bond acceptors (Lipinski definition) is 3. The molecular formula is C19H31N5O. The monoisotopic (exact) mass is 345 g/mol. The Morgan fingerprint density at radius 3 is 2.92 bits per heavy atom. The van der Waals surface area contributed by atoms with Crippen molar-refractivity contribution >= 4 is 5.96 Å². The summed E-state index contributed by atoms with van der Waals surface area (Å²) in [5, 5.41) is 11.7. The van der Waals surface area contributed by atoms with Gasteiger partial charge >= 0.3 is 0 Å². The van der Waals surface area contributed by atoms with Crippen LogP contribution in [-0.4, -0.2) is 48.1 Å². The lowest BCUT2D eigenvalue weighted by Gasteiger charge is -2.63. The van der Waals surface area contributed by atoms with Crippen LogP contribution in [0, 0.1) is 25.2 Å². The van der Waals surface area contributed by atoms with Gasteiger partial charge in [0.25, 0.3) is 0 Å². The molecule has 0 radical (unpaired) electrons. The van der Waals surface area contributed by atoms with Crippen molar-refractivity contribution in [3.8, 4) is 0 Å². The number of aryl methyl sites for hydroxylation is 3. The van der Waals surface area contributed by atoms with Gasteiger partial charge in [0.05, 0.1) is 11.8 Å². The van der Waals surface area contributed by atoms with Crippen LogP contribution < -0.4 is 10.6 Å². The third kappa shape index (κ3) is 2.84. The Kier molecular flexibility index (Phi) is 4.48. The Morgan fingerprint density at radius 1 is 1.44 bits per heavy atom. The van der Waals surface area contributed by atoms with Gasteiger partial charge < -0.3 is 15.4 Å². The molecule has 0 amide bonds. The lowest BCUT2D eigenvalue weighted by atomic mass is 9.46. The lowest BCUT2D eigenvalue weighted by Crippen LogP contribution is -2.72. The van der Waals surface area contributed by atoms with Crippen molar-refractivity contribution in [2.24, 2.45) is 16.3 Å². The molecule has 2 saturated carbocycles. The van der Waals surface area contributed by atoms with Gasteiger partial charge in [-0.2, -0.15) is 5.10 Å². The number of fused-ring (bicyclic) bond motifs is 2. The first-order chi connectivity index (χ1) is 12.1. The minimum Gasteiger partial charge on any atom is -0.377 e. The van der Waals surface area contributed by atoms with Crippen molar-refractivity contribution < 1.29 is 4.74 Å². The van der Waals surface area contributed by atoms with Gasteiger partial charge in [-0.25, -0.2) is 0 Å². The van der Waals surface area contributed by atoms with Crippen LogP contribution in [0.5, 0.6) is 0 Å². The zero-order valence-corrected chi connectivity index (χ0v) is 15.7. The third-order valence-corrected chi connectivity index (χ3v) is 6.49. The molecule has 1 aromatic rings. The Balaban J connectivity index is 1.26. The number of guanidine groups is 1. The first kappa shape index (κ1) is 16.9. The molecule has 25 heavy (non-hydrogen) atoms. The van der Waals surface area contributed by atoms with Crippen LogP contribution in [0.3, 0.4) is 0 Å². The number of aliphatic imine (C=N–C) groups is 1. The van der Waals surface area contributed by atoms with Crippen molar-refractivity contribution in [2.45, 2.75) is 64.6 Å². The van der Waals surface area contributed by atoms with E-state index in [9.17, 15) is 0 Å². The standard InChI is InChI=1S/C19H31N5O/c1-13-12-14(2)24(23-13)10-5-9-21-18(20-3)22-16-15-6-11-25-17(15)19(16)7-4-8-19/h12,15-17H,4-11H2,1-3H3,(H2,20,21,22). The fourth-order valence-corrected chi connectivity index (χ4v) is 5.13. The normalized spacial score (nSPS) is 29.9. The van der Waals surface area contributed by atoms with Gasteiger partial charge in [0.2, 0.25) is 0 Å². The molecule has 138 valence electrons. The molecule has 0 bridgehead atoms. The number of rotatable bonds is 5. The van der Waals surface area contributed by atoms with Crippen LogP contribution >= 0.6 is 0 Å². The SMILES string of the molecule is CN=C(NCCCn1nc(C)cc1C)NC1C2CCOC2C12CCC2. The average Bonchev–Trinajstić information content (AvgIpc) is 3.09. The zero-order chi connectivity index (χ0) is 17.4. The van der Waals surface area contributed by atoms with Crippen LogP contribution in [0.25, 0.3) is 0 Å². The highest BCUT2D eigenvalue weighted by atomic mass is 16.5. The van der Waals surface area contributed by atoms with Crippen molar-refractivity contribution in [1.82, 2.24) is 20.4 Å². The third-order valence-electron chi connectivity index (χ3n) is 6.49. The second kappa shape index (κ2) is 6.63. The van der Waals surface area contributed by atoms with Crippen molar-refractivity contribution in [2.75, 3.05) is 20.2 Å². The molecule has 2 heterocycles. The van der Waals surface area contributed by atoms with E-state index in [1.54, 1.807) is 0 Å². The highest BCUT2D eigenvalue weighted by molar-refractivity contribution is 5.80. The molecule has 3 unspecified atom stereocenters. The summed E-state index contributed by atoms with van der Waals surface area (Å²) in [5.41, 5.74) is 2.71. The van der Waals surface area contributed by atoms with E-state index in [-0.39, 0.29) is 0 Å². The first-order valence-corrected chi connectivity index (χ1v) is 9.74. The molecule has 1 aliphatic heterocycles. The summed E-state index contributed by atoms with van der Waals surface area (Å²) >= 11 is 0. The predicted octanol–water partition coefficient (Wildman–Crippen LogP) is 2.01. The van der Waals surface area contributed by atoms with E-state index in [2.05, 4.69) is 38.4 Å². The smallest absolute Gasteiger partial charge is 0.191 e. The Hall–Kier alpha value is -1.56. The van der Waals surface area contributed by atoms with Gasteiger partial charge in [-0.3, -0.25) is 9.67 Å². The highest BCUT2D eigenvalue weighted by Crippen LogP contribution is 2.62. The quantitative estimate of drug-likeness (QED) is 0.487. The van der Waals surface area contributed by atoms with E-state index in [1.807, 2.05) is 14.0 Å². The van der Waals surface area contributed by atoms with Crippen molar-refractivity contribution in [3.05, 3.63) is 17.5 Å². The molecule has 2 aliphatic carbocycles. The van der Waals surface area contributed by atoms with Crippen LogP contribution in [-0.2, 0) is 11.3 Å². The van der Waals surface area contributed by atoms with Gasteiger partial charge in [-0.1, -0.05) is 6.42 Å². The van der Waals surface area contributed by atoms with E-state index < -0.39 is 0 Å².